The van der Waals surface area contributed by atoms with E-state index >= 15 is 0 Å². The Labute approximate surface area is 101 Å². The molecule has 92 valence electrons. The molecule has 1 aromatic carbocycles. The summed E-state index contributed by atoms with van der Waals surface area (Å²) in [6.07, 6.45) is 2.89. The topological polar surface area (TPSA) is 46.5 Å². The van der Waals surface area contributed by atoms with Crippen molar-refractivity contribution in [1.82, 2.24) is 0 Å². The van der Waals surface area contributed by atoms with Gasteiger partial charge in [-0.15, -0.1) is 0 Å². The second-order valence-electron chi connectivity index (χ2n) is 4.55. The van der Waals surface area contributed by atoms with Crippen LogP contribution in [0.4, 0.5) is 0 Å². The molecule has 0 aromatic heterocycles. The summed E-state index contributed by atoms with van der Waals surface area (Å²) in [5, 5.41) is 8.60. The minimum Gasteiger partial charge on any atom is -0.481 e. The van der Waals surface area contributed by atoms with Crippen molar-refractivity contribution in [2.75, 3.05) is 13.2 Å². The van der Waals surface area contributed by atoms with E-state index in [1.165, 1.54) is 11.1 Å². The smallest absolute Gasteiger partial charge is 0.303 e. The quantitative estimate of drug-likeness (QED) is 0.851. The summed E-state index contributed by atoms with van der Waals surface area (Å²) >= 11 is 0. The van der Waals surface area contributed by atoms with E-state index in [1.807, 2.05) is 0 Å². The number of rotatable bonds is 5. The first kappa shape index (κ1) is 12.1. The lowest BCUT2D eigenvalue weighted by Gasteiger charge is -2.09. The zero-order valence-electron chi connectivity index (χ0n) is 9.89. The molecule has 1 aromatic rings. The minimum absolute atomic E-state index is 0.247. The van der Waals surface area contributed by atoms with Gasteiger partial charge in [0.1, 0.15) is 0 Å². The van der Waals surface area contributed by atoms with Crippen LogP contribution in [0.3, 0.4) is 0 Å². The Bertz CT molecular complexity index is 381. The SMILES string of the molecule is O=C(O)CCCc1cccc(C2CCOC2)c1. The second-order valence-corrected chi connectivity index (χ2v) is 4.55. The molecule has 0 amide bonds. The van der Waals surface area contributed by atoms with Crippen molar-refractivity contribution in [3.63, 3.8) is 0 Å². The van der Waals surface area contributed by atoms with Crippen LogP contribution in [0.15, 0.2) is 24.3 Å². The van der Waals surface area contributed by atoms with Crippen LogP contribution in [0.1, 0.15) is 36.3 Å². The van der Waals surface area contributed by atoms with E-state index < -0.39 is 5.97 Å². The van der Waals surface area contributed by atoms with Crippen molar-refractivity contribution in [2.45, 2.75) is 31.6 Å². The van der Waals surface area contributed by atoms with E-state index in [9.17, 15) is 4.79 Å². The Balaban J connectivity index is 1.93. The third-order valence-corrected chi connectivity index (χ3v) is 3.21. The maximum atomic E-state index is 10.4. The predicted molar refractivity (Wildman–Crippen MR) is 65.2 cm³/mol. The normalized spacial score (nSPS) is 19.4. The van der Waals surface area contributed by atoms with Crippen molar-refractivity contribution in [3.05, 3.63) is 35.4 Å². The third-order valence-electron chi connectivity index (χ3n) is 3.21. The number of benzene rings is 1. The monoisotopic (exact) mass is 234 g/mol. The van der Waals surface area contributed by atoms with E-state index in [2.05, 4.69) is 24.3 Å². The molecule has 1 atom stereocenters. The van der Waals surface area contributed by atoms with E-state index in [-0.39, 0.29) is 6.42 Å². The van der Waals surface area contributed by atoms with Crippen LogP contribution in [0, 0.1) is 0 Å². The molecule has 1 unspecified atom stereocenters. The average molecular weight is 234 g/mol. The molecule has 1 fully saturated rings. The molecule has 2 rings (SSSR count). The van der Waals surface area contributed by atoms with E-state index in [0.717, 1.165) is 26.1 Å². The van der Waals surface area contributed by atoms with Crippen LogP contribution in [-0.4, -0.2) is 24.3 Å². The van der Waals surface area contributed by atoms with Gasteiger partial charge in [-0.05, 0) is 30.4 Å². The van der Waals surface area contributed by atoms with Crippen molar-refractivity contribution >= 4 is 5.97 Å². The van der Waals surface area contributed by atoms with Gasteiger partial charge in [-0.1, -0.05) is 24.3 Å². The molecule has 1 heterocycles. The third kappa shape index (κ3) is 3.56. The lowest BCUT2D eigenvalue weighted by Crippen LogP contribution is -1.99. The van der Waals surface area contributed by atoms with Gasteiger partial charge in [0.05, 0.1) is 6.61 Å². The van der Waals surface area contributed by atoms with Gasteiger partial charge in [0.2, 0.25) is 0 Å². The van der Waals surface area contributed by atoms with E-state index in [4.69, 9.17) is 9.84 Å². The average Bonchev–Trinajstić information content (AvgIpc) is 2.82. The molecule has 1 N–H and O–H groups in total. The summed E-state index contributed by atoms with van der Waals surface area (Å²) in [5.41, 5.74) is 2.56. The molecule has 1 saturated heterocycles. The summed E-state index contributed by atoms with van der Waals surface area (Å²) in [6, 6.07) is 8.46. The summed E-state index contributed by atoms with van der Waals surface area (Å²) in [5.74, 6) is -0.195. The molecule has 0 radical (unpaired) electrons. The van der Waals surface area contributed by atoms with Crippen LogP contribution >= 0.6 is 0 Å². The van der Waals surface area contributed by atoms with Crippen molar-refractivity contribution in [1.29, 1.82) is 0 Å². The minimum atomic E-state index is -0.717. The number of hydrogen-bond acceptors (Lipinski definition) is 2. The number of carboxylic acids is 1. The highest BCUT2D eigenvalue weighted by Gasteiger charge is 2.17. The number of aryl methyl sites for hydroxylation is 1. The summed E-state index contributed by atoms with van der Waals surface area (Å²) in [6.45, 7) is 1.67. The lowest BCUT2D eigenvalue weighted by molar-refractivity contribution is -0.137. The summed E-state index contributed by atoms with van der Waals surface area (Å²) in [4.78, 5) is 10.4. The van der Waals surface area contributed by atoms with Gasteiger partial charge in [-0.2, -0.15) is 0 Å². The lowest BCUT2D eigenvalue weighted by atomic mass is 9.95. The van der Waals surface area contributed by atoms with Crippen LogP contribution in [0.25, 0.3) is 0 Å². The Morgan fingerprint density at radius 2 is 2.35 bits per heavy atom. The molecule has 17 heavy (non-hydrogen) atoms. The Hall–Kier alpha value is -1.35. The molecule has 1 aliphatic rings. The fourth-order valence-corrected chi connectivity index (χ4v) is 2.24. The largest absolute Gasteiger partial charge is 0.481 e. The molecule has 3 nitrogen and oxygen atoms in total. The van der Waals surface area contributed by atoms with E-state index in [1.54, 1.807) is 0 Å². The standard InChI is InChI=1S/C14H18O3/c15-14(16)6-2-4-11-3-1-5-12(9-11)13-7-8-17-10-13/h1,3,5,9,13H,2,4,6-8,10H2,(H,15,16). The van der Waals surface area contributed by atoms with Crippen molar-refractivity contribution in [2.24, 2.45) is 0 Å². The molecule has 3 heteroatoms. The highest BCUT2D eigenvalue weighted by molar-refractivity contribution is 5.66. The van der Waals surface area contributed by atoms with Gasteiger partial charge in [-0.25, -0.2) is 0 Å². The second kappa shape index (κ2) is 5.82. The number of ether oxygens (including phenoxy) is 1. The van der Waals surface area contributed by atoms with Crippen LogP contribution in [-0.2, 0) is 16.0 Å². The maximum Gasteiger partial charge on any atom is 0.303 e. The van der Waals surface area contributed by atoms with Gasteiger partial charge >= 0.3 is 5.97 Å². The molecule has 1 aliphatic heterocycles. The van der Waals surface area contributed by atoms with Crippen molar-refractivity contribution < 1.29 is 14.6 Å². The number of hydrogen-bond donors (Lipinski definition) is 1. The maximum absolute atomic E-state index is 10.4. The van der Waals surface area contributed by atoms with Crippen LogP contribution in [0.5, 0.6) is 0 Å². The zero-order valence-corrected chi connectivity index (χ0v) is 9.89. The fraction of sp³-hybridized carbons (Fsp3) is 0.500. The summed E-state index contributed by atoms with van der Waals surface area (Å²) in [7, 11) is 0. The molecule has 0 saturated carbocycles. The predicted octanol–water partition coefficient (Wildman–Crippen LogP) is 2.60. The van der Waals surface area contributed by atoms with E-state index in [0.29, 0.717) is 12.3 Å². The van der Waals surface area contributed by atoms with Crippen LogP contribution < -0.4 is 0 Å². The van der Waals surface area contributed by atoms with Gasteiger partial charge in [0.25, 0.3) is 0 Å². The van der Waals surface area contributed by atoms with Gasteiger partial charge in [0.15, 0.2) is 0 Å². The zero-order chi connectivity index (χ0) is 12.1. The first-order chi connectivity index (χ1) is 8.25. The Morgan fingerprint density at radius 1 is 1.47 bits per heavy atom. The number of carboxylic acid groups (broad SMARTS) is 1. The molecular formula is C14H18O3. The summed E-state index contributed by atoms with van der Waals surface area (Å²) < 4.78 is 5.39. The Kier molecular flexibility index (Phi) is 4.15. The Morgan fingerprint density at radius 3 is 3.06 bits per heavy atom. The highest BCUT2D eigenvalue weighted by atomic mass is 16.5. The number of aliphatic carboxylic acids is 1. The first-order valence-corrected chi connectivity index (χ1v) is 6.14. The molecule has 0 aliphatic carbocycles. The highest BCUT2D eigenvalue weighted by Crippen LogP contribution is 2.25. The molecule has 0 spiro atoms. The fourth-order valence-electron chi connectivity index (χ4n) is 2.24. The molecule has 0 bridgehead atoms. The van der Waals surface area contributed by atoms with Gasteiger partial charge in [0, 0.05) is 18.9 Å². The number of carbonyl (C=O) groups is 1. The molecular weight excluding hydrogens is 216 g/mol. The first-order valence-electron chi connectivity index (χ1n) is 6.14. The van der Waals surface area contributed by atoms with Gasteiger partial charge < -0.3 is 9.84 Å². The van der Waals surface area contributed by atoms with Crippen LogP contribution in [0.2, 0.25) is 0 Å². The van der Waals surface area contributed by atoms with Crippen molar-refractivity contribution in [3.8, 4) is 0 Å². The van der Waals surface area contributed by atoms with Gasteiger partial charge in [-0.3, -0.25) is 4.79 Å².